The summed E-state index contributed by atoms with van der Waals surface area (Å²) in [4.78, 5) is 0. The molecule has 1 rings (SSSR count). The van der Waals surface area contributed by atoms with E-state index in [0.29, 0.717) is 13.0 Å². The quantitative estimate of drug-likeness (QED) is 0.902. The van der Waals surface area contributed by atoms with Crippen LogP contribution in [0.4, 0.5) is 4.39 Å². The highest BCUT2D eigenvalue weighted by Crippen LogP contribution is 2.16. The standard InChI is InChI=1S/C13H19ClFNO/c1-13(2,3)17-8-10(16)6-9-4-5-11(14)12(15)7-9/h4-5,7,10H,6,8,16H2,1-3H3. The van der Waals surface area contributed by atoms with Crippen molar-refractivity contribution in [3.8, 4) is 0 Å². The molecule has 0 aliphatic carbocycles. The molecule has 0 saturated heterocycles. The van der Waals surface area contributed by atoms with Crippen molar-refractivity contribution in [2.45, 2.75) is 38.8 Å². The van der Waals surface area contributed by atoms with Gasteiger partial charge in [0, 0.05) is 6.04 Å². The zero-order valence-electron chi connectivity index (χ0n) is 10.5. The molecule has 4 heteroatoms. The van der Waals surface area contributed by atoms with Gasteiger partial charge >= 0.3 is 0 Å². The van der Waals surface area contributed by atoms with E-state index in [0.717, 1.165) is 5.56 Å². The summed E-state index contributed by atoms with van der Waals surface area (Å²) in [6, 6.07) is 4.60. The van der Waals surface area contributed by atoms with E-state index >= 15 is 0 Å². The van der Waals surface area contributed by atoms with Gasteiger partial charge in [-0.05, 0) is 44.9 Å². The van der Waals surface area contributed by atoms with Crippen molar-refractivity contribution in [2.75, 3.05) is 6.61 Å². The second-order valence-electron chi connectivity index (χ2n) is 5.14. The Morgan fingerprint density at radius 2 is 2.06 bits per heavy atom. The number of nitrogens with two attached hydrogens (primary N) is 1. The zero-order chi connectivity index (χ0) is 13.1. The number of hydrogen-bond acceptors (Lipinski definition) is 2. The normalized spacial score (nSPS) is 13.8. The molecule has 2 nitrogen and oxygen atoms in total. The smallest absolute Gasteiger partial charge is 0.142 e. The first-order valence-corrected chi connectivity index (χ1v) is 5.99. The van der Waals surface area contributed by atoms with E-state index in [2.05, 4.69) is 0 Å². The van der Waals surface area contributed by atoms with E-state index in [4.69, 9.17) is 22.1 Å². The first kappa shape index (κ1) is 14.4. The molecular formula is C13H19ClFNO. The molecule has 0 aromatic heterocycles. The SMILES string of the molecule is CC(C)(C)OCC(N)Cc1ccc(Cl)c(F)c1. The van der Waals surface area contributed by atoms with Gasteiger partial charge in [-0.25, -0.2) is 4.39 Å². The number of benzene rings is 1. The Kier molecular flexibility index (Phi) is 4.92. The molecule has 0 saturated carbocycles. The molecule has 1 aromatic carbocycles. The third kappa shape index (κ3) is 5.48. The summed E-state index contributed by atoms with van der Waals surface area (Å²) >= 11 is 5.61. The Hall–Kier alpha value is -0.640. The van der Waals surface area contributed by atoms with Crippen LogP contribution in [0.5, 0.6) is 0 Å². The largest absolute Gasteiger partial charge is 0.374 e. The van der Waals surface area contributed by atoms with Crippen LogP contribution in [-0.4, -0.2) is 18.2 Å². The van der Waals surface area contributed by atoms with Gasteiger partial charge in [0.2, 0.25) is 0 Å². The Balaban J connectivity index is 2.50. The van der Waals surface area contributed by atoms with Gasteiger partial charge in [0.25, 0.3) is 0 Å². The van der Waals surface area contributed by atoms with Gasteiger partial charge in [-0.3, -0.25) is 0 Å². The Morgan fingerprint density at radius 1 is 1.41 bits per heavy atom. The van der Waals surface area contributed by atoms with Crippen LogP contribution in [0.1, 0.15) is 26.3 Å². The maximum Gasteiger partial charge on any atom is 0.142 e. The molecule has 0 fully saturated rings. The molecule has 0 heterocycles. The minimum Gasteiger partial charge on any atom is -0.374 e. The molecule has 0 amide bonds. The average Bonchev–Trinajstić information content (AvgIpc) is 2.20. The van der Waals surface area contributed by atoms with E-state index in [1.807, 2.05) is 20.8 Å². The monoisotopic (exact) mass is 259 g/mol. The molecule has 0 aliphatic rings. The molecule has 0 spiro atoms. The summed E-state index contributed by atoms with van der Waals surface area (Å²) < 4.78 is 18.8. The Bertz CT molecular complexity index is 376. The maximum atomic E-state index is 13.2. The molecule has 17 heavy (non-hydrogen) atoms. The number of hydrogen-bond donors (Lipinski definition) is 1. The van der Waals surface area contributed by atoms with Crippen LogP contribution in [0.15, 0.2) is 18.2 Å². The summed E-state index contributed by atoms with van der Waals surface area (Å²) in [6.45, 7) is 6.37. The minimum absolute atomic E-state index is 0.133. The highest BCUT2D eigenvalue weighted by atomic mass is 35.5. The van der Waals surface area contributed by atoms with E-state index in [9.17, 15) is 4.39 Å². The van der Waals surface area contributed by atoms with Crippen molar-refractivity contribution >= 4 is 11.6 Å². The fraction of sp³-hybridized carbons (Fsp3) is 0.538. The van der Waals surface area contributed by atoms with Crippen molar-refractivity contribution in [2.24, 2.45) is 5.73 Å². The van der Waals surface area contributed by atoms with Crippen molar-refractivity contribution in [3.05, 3.63) is 34.6 Å². The minimum atomic E-state index is -0.409. The van der Waals surface area contributed by atoms with Crippen LogP contribution in [0.3, 0.4) is 0 Å². The summed E-state index contributed by atoms with van der Waals surface area (Å²) in [5.41, 5.74) is 6.55. The van der Waals surface area contributed by atoms with Gasteiger partial charge in [-0.15, -0.1) is 0 Å². The summed E-state index contributed by atoms with van der Waals surface area (Å²) in [5, 5.41) is 0.133. The van der Waals surface area contributed by atoms with E-state index < -0.39 is 5.82 Å². The van der Waals surface area contributed by atoms with Crippen molar-refractivity contribution in [1.29, 1.82) is 0 Å². The molecule has 0 aliphatic heterocycles. The third-order valence-corrected chi connectivity index (χ3v) is 2.52. The average molecular weight is 260 g/mol. The first-order chi connectivity index (χ1) is 7.78. The molecule has 96 valence electrons. The molecule has 1 aromatic rings. The number of rotatable bonds is 4. The lowest BCUT2D eigenvalue weighted by atomic mass is 10.1. The second kappa shape index (κ2) is 5.80. The van der Waals surface area contributed by atoms with Crippen molar-refractivity contribution in [1.82, 2.24) is 0 Å². The Morgan fingerprint density at radius 3 is 2.59 bits per heavy atom. The van der Waals surface area contributed by atoms with Crippen molar-refractivity contribution < 1.29 is 9.13 Å². The van der Waals surface area contributed by atoms with Gasteiger partial charge < -0.3 is 10.5 Å². The predicted molar refractivity (Wildman–Crippen MR) is 68.8 cm³/mol. The third-order valence-electron chi connectivity index (χ3n) is 2.21. The lowest BCUT2D eigenvalue weighted by Crippen LogP contribution is -2.33. The molecular weight excluding hydrogens is 241 g/mol. The van der Waals surface area contributed by atoms with Crippen LogP contribution >= 0.6 is 11.6 Å². The fourth-order valence-corrected chi connectivity index (χ4v) is 1.50. The highest BCUT2D eigenvalue weighted by Gasteiger charge is 2.13. The van der Waals surface area contributed by atoms with E-state index in [1.54, 1.807) is 12.1 Å². The molecule has 0 bridgehead atoms. The summed E-state index contributed by atoms with van der Waals surface area (Å²) in [7, 11) is 0. The van der Waals surface area contributed by atoms with Gasteiger partial charge in [0.15, 0.2) is 0 Å². The van der Waals surface area contributed by atoms with E-state index in [-0.39, 0.29) is 16.7 Å². The summed E-state index contributed by atoms with van der Waals surface area (Å²) in [6.07, 6.45) is 0.574. The molecule has 1 unspecified atom stereocenters. The molecule has 0 radical (unpaired) electrons. The van der Waals surface area contributed by atoms with Crippen LogP contribution < -0.4 is 5.73 Å². The lowest BCUT2D eigenvalue weighted by Gasteiger charge is -2.22. The van der Waals surface area contributed by atoms with Gasteiger partial charge in [-0.2, -0.15) is 0 Å². The number of ether oxygens (including phenoxy) is 1. The van der Waals surface area contributed by atoms with Gasteiger partial charge in [-0.1, -0.05) is 17.7 Å². The fourth-order valence-electron chi connectivity index (χ4n) is 1.39. The molecule has 1 atom stereocenters. The summed E-state index contributed by atoms with van der Waals surface area (Å²) in [5.74, 6) is -0.409. The van der Waals surface area contributed by atoms with Crippen LogP contribution in [0.25, 0.3) is 0 Å². The topological polar surface area (TPSA) is 35.2 Å². The highest BCUT2D eigenvalue weighted by molar-refractivity contribution is 6.30. The van der Waals surface area contributed by atoms with Crippen LogP contribution in [-0.2, 0) is 11.2 Å². The molecule has 2 N–H and O–H groups in total. The van der Waals surface area contributed by atoms with Crippen LogP contribution in [0.2, 0.25) is 5.02 Å². The van der Waals surface area contributed by atoms with E-state index in [1.165, 1.54) is 6.07 Å². The predicted octanol–water partition coefficient (Wildman–Crippen LogP) is 3.16. The van der Waals surface area contributed by atoms with Crippen molar-refractivity contribution in [3.63, 3.8) is 0 Å². The zero-order valence-corrected chi connectivity index (χ0v) is 11.2. The maximum absolute atomic E-state index is 13.2. The van der Waals surface area contributed by atoms with Crippen LogP contribution in [0, 0.1) is 5.82 Å². The number of halogens is 2. The van der Waals surface area contributed by atoms with Gasteiger partial charge in [0.1, 0.15) is 5.82 Å². The van der Waals surface area contributed by atoms with Gasteiger partial charge in [0.05, 0.1) is 17.2 Å². The second-order valence-corrected chi connectivity index (χ2v) is 5.54. The lowest BCUT2D eigenvalue weighted by molar-refractivity contribution is -0.00983. The first-order valence-electron chi connectivity index (χ1n) is 5.61. The Labute approximate surface area is 107 Å².